The molecule has 0 aliphatic carbocycles. The first-order valence-electron chi connectivity index (χ1n) is 5.43. The Morgan fingerprint density at radius 3 is 2.60 bits per heavy atom. The Kier molecular flexibility index (Phi) is 3.64. The standard InChI is InChI=1S/C11H17N3O/c1-12-10(9-3-7-15-8-4-9)11-13-5-2-6-14-11/h2,5-6,9-10,12H,3-4,7-8H2,1H3. The summed E-state index contributed by atoms with van der Waals surface area (Å²) in [6.45, 7) is 1.71. The van der Waals surface area contributed by atoms with Crippen molar-refractivity contribution in [2.24, 2.45) is 5.92 Å². The summed E-state index contributed by atoms with van der Waals surface area (Å²) in [7, 11) is 1.97. The molecule has 1 aromatic heterocycles. The van der Waals surface area contributed by atoms with Crippen LogP contribution in [0.3, 0.4) is 0 Å². The molecule has 2 heterocycles. The lowest BCUT2D eigenvalue weighted by molar-refractivity contribution is 0.0535. The van der Waals surface area contributed by atoms with Gasteiger partial charge in [0.25, 0.3) is 0 Å². The van der Waals surface area contributed by atoms with Crippen LogP contribution in [-0.2, 0) is 4.74 Å². The fraction of sp³-hybridized carbons (Fsp3) is 0.636. The third-order valence-electron chi connectivity index (χ3n) is 2.91. The summed E-state index contributed by atoms with van der Waals surface area (Å²) in [5.41, 5.74) is 0. The van der Waals surface area contributed by atoms with Crippen LogP contribution < -0.4 is 5.32 Å². The van der Waals surface area contributed by atoms with Gasteiger partial charge < -0.3 is 10.1 Å². The zero-order valence-electron chi connectivity index (χ0n) is 9.02. The molecule has 0 bridgehead atoms. The highest BCUT2D eigenvalue weighted by molar-refractivity contribution is 4.98. The van der Waals surface area contributed by atoms with E-state index in [9.17, 15) is 0 Å². The van der Waals surface area contributed by atoms with Crippen molar-refractivity contribution >= 4 is 0 Å². The first kappa shape index (κ1) is 10.5. The molecule has 1 unspecified atom stereocenters. The van der Waals surface area contributed by atoms with Gasteiger partial charge >= 0.3 is 0 Å². The lowest BCUT2D eigenvalue weighted by Crippen LogP contribution is -2.31. The second-order valence-corrected chi connectivity index (χ2v) is 3.82. The molecule has 15 heavy (non-hydrogen) atoms. The van der Waals surface area contributed by atoms with E-state index < -0.39 is 0 Å². The number of nitrogens with one attached hydrogen (secondary N) is 1. The molecule has 1 atom stereocenters. The van der Waals surface area contributed by atoms with Crippen molar-refractivity contribution in [1.82, 2.24) is 15.3 Å². The third-order valence-corrected chi connectivity index (χ3v) is 2.91. The summed E-state index contributed by atoms with van der Waals surface area (Å²) in [5, 5.41) is 3.31. The van der Waals surface area contributed by atoms with Crippen LogP contribution in [-0.4, -0.2) is 30.2 Å². The van der Waals surface area contributed by atoms with Gasteiger partial charge in [0.15, 0.2) is 0 Å². The Morgan fingerprint density at radius 2 is 2.00 bits per heavy atom. The predicted molar refractivity (Wildman–Crippen MR) is 57.4 cm³/mol. The minimum absolute atomic E-state index is 0.259. The van der Waals surface area contributed by atoms with Crippen LogP contribution in [0.1, 0.15) is 24.7 Å². The molecule has 1 aliphatic heterocycles. The Morgan fingerprint density at radius 1 is 1.33 bits per heavy atom. The summed E-state index contributed by atoms with van der Waals surface area (Å²) < 4.78 is 5.36. The maximum Gasteiger partial charge on any atom is 0.145 e. The number of ether oxygens (including phenoxy) is 1. The van der Waals surface area contributed by atoms with Crippen molar-refractivity contribution in [2.75, 3.05) is 20.3 Å². The Bertz CT molecular complexity index is 285. The number of aromatic nitrogens is 2. The van der Waals surface area contributed by atoms with Crippen molar-refractivity contribution in [3.63, 3.8) is 0 Å². The van der Waals surface area contributed by atoms with Crippen molar-refractivity contribution in [1.29, 1.82) is 0 Å². The molecule has 0 radical (unpaired) electrons. The molecule has 1 fully saturated rings. The van der Waals surface area contributed by atoms with Gasteiger partial charge in [-0.15, -0.1) is 0 Å². The van der Waals surface area contributed by atoms with E-state index in [4.69, 9.17) is 4.74 Å². The van der Waals surface area contributed by atoms with Crippen LogP contribution in [0.15, 0.2) is 18.5 Å². The highest BCUT2D eigenvalue weighted by Crippen LogP contribution is 2.27. The monoisotopic (exact) mass is 207 g/mol. The van der Waals surface area contributed by atoms with Crippen LogP contribution in [0.25, 0.3) is 0 Å². The van der Waals surface area contributed by atoms with Crippen LogP contribution >= 0.6 is 0 Å². The van der Waals surface area contributed by atoms with Crippen molar-refractivity contribution in [3.8, 4) is 0 Å². The highest BCUT2D eigenvalue weighted by Gasteiger charge is 2.25. The van der Waals surface area contributed by atoms with Gasteiger partial charge in [-0.1, -0.05) is 0 Å². The summed E-state index contributed by atoms with van der Waals surface area (Å²) in [6, 6.07) is 2.11. The maximum atomic E-state index is 5.36. The molecule has 2 rings (SSSR count). The summed E-state index contributed by atoms with van der Waals surface area (Å²) in [4.78, 5) is 8.62. The lowest BCUT2D eigenvalue weighted by atomic mass is 9.91. The molecule has 1 saturated heterocycles. The van der Waals surface area contributed by atoms with Gasteiger partial charge in [-0.3, -0.25) is 0 Å². The van der Waals surface area contributed by atoms with E-state index in [0.29, 0.717) is 5.92 Å². The van der Waals surface area contributed by atoms with E-state index in [1.165, 1.54) is 0 Å². The molecular weight excluding hydrogens is 190 g/mol. The van der Waals surface area contributed by atoms with Crippen molar-refractivity contribution in [2.45, 2.75) is 18.9 Å². The Balaban J connectivity index is 2.09. The van der Waals surface area contributed by atoms with Gasteiger partial charge in [0.1, 0.15) is 5.82 Å². The van der Waals surface area contributed by atoms with E-state index in [1.54, 1.807) is 12.4 Å². The minimum atomic E-state index is 0.259. The zero-order chi connectivity index (χ0) is 10.5. The zero-order valence-corrected chi connectivity index (χ0v) is 9.02. The van der Waals surface area contributed by atoms with Crippen LogP contribution in [0.4, 0.5) is 0 Å². The van der Waals surface area contributed by atoms with E-state index >= 15 is 0 Å². The quantitative estimate of drug-likeness (QED) is 0.808. The fourth-order valence-electron chi connectivity index (χ4n) is 2.10. The van der Waals surface area contributed by atoms with Crippen LogP contribution in [0.2, 0.25) is 0 Å². The van der Waals surface area contributed by atoms with Gasteiger partial charge in [0.05, 0.1) is 6.04 Å². The minimum Gasteiger partial charge on any atom is -0.381 e. The maximum absolute atomic E-state index is 5.36. The topological polar surface area (TPSA) is 47.0 Å². The number of hydrogen-bond donors (Lipinski definition) is 1. The van der Waals surface area contributed by atoms with Gasteiger partial charge in [-0.25, -0.2) is 9.97 Å². The Hall–Kier alpha value is -1.00. The lowest BCUT2D eigenvalue weighted by Gasteiger charge is -2.28. The van der Waals surface area contributed by atoms with E-state index in [0.717, 1.165) is 31.9 Å². The summed E-state index contributed by atoms with van der Waals surface area (Å²) in [6.07, 6.45) is 5.77. The van der Waals surface area contributed by atoms with E-state index in [1.807, 2.05) is 13.1 Å². The second-order valence-electron chi connectivity index (χ2n) is 3.82. The average Bonchev–Trinajstić information content (AvgIpc) is 2.33. The van der Waals surface area contributed by atoms with E-state index in [2.05, 4.69) is 15.3 Å². The van der Waals surface area contributed by atoms with Gasteiger partial charge in [-0.2, -0.15) is 0 Å². The molecule has 0 amide bonds. The molecule has 1 N–H and O–H groups in total. The fourth-order valence-corrected chi connectivity index (χ4v) is 2.10. The van der Waals surface area contributed by atoms with Crippen molar-refractivity contribution < 1.29 is 4.74 Å². The third kappa shape index (κ3) is 2.52. The largest absolute Gasteiger partial charge is 0.381 e. The van der Waals surface area contributed by atoms with Gasteiger partial charge in [0, 0.05) is 25.6 Å². The first-order chi connectivity index (χ1) is 7.42. The molecule has 0 aromatic carbocycles. The van der Waals surface area contributed by atoms with Gasteiger partial charge in [0.2, 0.25) is 0 Å². The number of rotatable bonds is 3. The van der Waals surface area contributed by atoms with Crippen LogP contribution in [0, 0.1) is 5.92 Å². The molecule has 0 spiro atoms. The molecule has 1 aliphatic rings. The predicted octanol–water partition coefficient (Wildman–Crippen LogP) is 1.16. The number of nitrogens with zero attached hydrogens (tertiary/aromatic N) is 2. The van der Waals surface area contributed by atoms with Crippen molar-refractivity contribution in [3.05, 3.63) is 24.3 Å². The normalized spacial score (nSPS) is 20.1. The SMILES string of the molecule is CNC(c1ncccn1)C1CCOCC1. The molecule has 82 valence electrons. The molecule has 4 heteroatoms. The number of hydrogen-bond acceptors (Lipinski definition) is 4. The van der Waals surface area contributed by atoms with E-state index in [-0.39, 0.29) is 6.04 Å². The smallest absolute Gasteiger partial charge is 0.145 e. The van der Waals surface area contributed by atoms with Crippen LogP contribution in [0.5, 0.6) is 0 Å². The first-order valence-corrected chi connectivity index (χ1v) is 5.43. The molecular formula is C11H17N3O. The Labute approximate surface area is 90.1 Å². The average molecular weight is 207 g/mol. The summed E-state index contributed by atoms with van der Waals surface area (Å²) >= 11 is 0. The highest BCUT2D eigenvalue weighted by atomic mass is 16.5. The second kappa shape index (κ2) is 5.19. The molecule has 1 aromatic rings. The van der Waals surface area contributed by atoms with Gasteiger partial charge in [-0.05, 0) is 31.9 Å². The molecule has 4 nitrogen and oxygen atoms in total. The summed E-state index contributed by atoms with van der Waals surface area (Å²) in [5.74, 6) is 1.48. The molecule has 0 saturated carbocycles.